The zero-order chi connectivity index (χ0) is 12.8. The standard InChI is InChI=1S/C14H31NO2/c1-4-8-14(9-5-2)15-10-6-7-11-17-13-12-16-3/h14-15H,4-13H2,1-3H3. The molecule has 0 aromatic heterocycles. The first-order valence-corrected chi connectivity index (χ1v) is 7.15. The average molecular weight is 245 g/mol. The number of nitrogens with one attached hydrogen (secondary N) is 1. The lowest BCUT2D eigenvalue weighted by Crippen LogP contribution is -2.29. The van der Waals surface area contributed by atoms with Gasteiger partial charge in [-0.15, -0.1) is 0 Å². The summed E-state index contributed by atoms with van der Waals surface area (Å²) < 4.78 is 10.3. The minimum atomic E-state index is 0.702. The van der Waals surface area contributed by atoms with Crippen LogP contribution in [0.25, 0.3) is 0 Å². The van der Waals surface area contributed by atoms with Crippen molar-refractivity contribution in [3.63, 3.8) is 0 Å². The second kappa shape index (κ2) is 13.9. The predicted octanol–water partition coefficient (Wildman–Crippen LogP) is 2.99. The third-order valence-electron chi connectivity index (χ3n) is 2.85. The Hall–Kier alpha value is -0.120. The molecule has 0 rings (SSSR count). The summed E-state index contributed by atoms with van der Waals surface area (Å²) in [4.78, 5) is 0. The molecule has 0 aromatic carbocycles. The van der Waals surface area contributed by atoms with Gasteiger partial charge in [0.15, 0.2) is 0 Å². The summed E-state index contributed by atoms with van der Waals surface area (Å²) in [5.41, 5.74) is 0. The molecule has 1 N–H and O–H groups in total. The minimum Gasteiger partial charge on any atom is -0.382 e. The first-order valence-electron chi connectivity index (χ1n) is 7.15. The van der Waals surface area contributed by atoms with E-state index >= 15 is 0 Å². The first-order chi connectivity index (χ1) is 8.35. The molecule has 0 unspecified atom stereocenters. The lowest BCUT2D eigenvalue weighted by Gasteiger charge is -2.17. The number of rotatable bonds is 13. The molecule has 3 nitrogen and oxygen atoms in total. The van der Waals surface area contributed by atoms with Gasteiger partial charge >= 0.3 is 0 Å². The van der Waals surface area contributed by atoms with E-state index in [0.29, 0.717) is 6.61 Å². The van der Waals surface area contributed by atoms with E-state index in [-0.39, 0.29) is 0 Å². The van der Waals surface area contributed by atoms with Gasteiger partial charge in [0.05, 0.1) is 13.2 Å². The van der Waals surface area contributed by atoms with Crippen molar-refractivity contribution in [3.8, 4) is 0 Å². The maximum Gasteiger partial charge on any atom is 0.0700 e. The van der Waals surface area contributed by atoms with Gasteiger partial charge in [-0.05, 0) is 32.2 Å². The fourth-order valence-electron chi connectivity index (χ4n) is 1.93. The van der Waals surface area contributed by atoms with Crippen LogP contribution in [0.2, 0.25) is 0 Å². The van der Waals surface area contributed by atoms with E-state index in [4.69, 9.17) is 9.47 Å². The quantitative estimate of drug-likeness (QED) is 0.506. The van der Waals surface area contributed by atoms with Crippen LogP contribution in [0.5, 0.6) is 0 Å². The van der Waals surface area contributed by atoms with Gasteiger partial charge in [-0.1, -0.05) is 26.7 Å². The zero-order valence-corrected chi connectivity index (χ0v) is 12.0. The van der Waals surface area contributed by atoms with Crippen LogP contribution < -0.4 is 5.32 Å². The van der Waals surface area contributed by atoms with E-state index in [0.717, 1.165) is 32.2 Å². The SMILES string of the molecule is CCCC(CCC)NCCCCOCCOC. The molecular formula is C14H31NO2. The van der Waals surface area contributed by atoms with E-state index in [1.165, 1.54) is 32.1 Å². The number of hydrogen-bond donors (Lipinski definition) is 1. The Bertz CT molecular complexity index is 136. The van der Waals surface area contributed by atoms with E-state index in [9.17, 15) is 0 Å². The Morgan fingerprint density at radius 1 is 0.941 bits per heavy atom. The Morgan fingerprint density at radius 3 is 2.24 bits per heavy atom. The molecule has 0 atom stereocenters. The zero-order valence-electron chi connectivity index (χ0n) is 12.0. The van der Waals surface area contributed by atoms with Gasteiger partial charge in [0, 0.05) is 19.8 Å². The summed E-state index contributed by atoms with van der Waals surface area (Å²) in [6, 6.07) is 0.722. The molecule has 0 aliphatic carbocycles. The molecule has 0 radical (unpaired) electrons. The molecule has 0 amide bonds. The monoisotopic (exact) mass is 245 g/mol. The molecule has 0 fully saturated rings. The van der Waals surface area contributed by atoms with Crippen LogP contribution in [0.1, 0.15) is 52.4 Å². The van der Waals surface area contributed by atoms with Crippen molar-refractivity contribution in [1.82, 2.24) is 5.32 Å². The van der Waals surface area contributed by atoms with E-state index in [2.05, 4.69) is 19.2 Å². The average Bonchev–Trinajstić information content (AvgIpc) is 2.33. The van der Waals surface area contributed by atoms with Crippen molar-refractivity contribution in [2.24, 2.45) is 0 Å². The van der Waals surface area contributed by atoms with Crippen LogP contribution in [0.15, 0.2) is 0 Å². The van der Waals surface area contributed by atoms with Crippen LogP contribution >= 0.6 is 0 Å². The third-order valence-corrected chi connectivity index (χ3v) is 2.85. The highest BCUT2D eigenvalue weighted by atomic mass is 16.5. The summed E-state index contributed by atoms with van der Waals surface area (Å²) in [7, 11) is 1.70. The van der Waals surface area contributed by atoms with Gasteiger partial charge in [-0.3, -0.25) is 0 Å². The van der Waals surface area contributed by atoms with Gasteiger partial charge in [-0.25, -0.2) is 0 Å². The molecule has 0 bridgehead atoms. The van der Waals surface area contributed by atoms with Gasteiger partial charge in [0.1, 0.15) is 0 Å². The summed E-state index contributed by atoms with van der Waals surface area (Å²) in [6.07, 6.45) is 7.50. The maximum atomic E-state index is 5.42. The normalized spacial score (nSPS) is 11.3. The van der Waals surface area contributed by atoms with Crippen LogP contribution in [0, 0.1) is 0 Å². The fraction of sp³-hybridized carbons (Fsp3) is 1.00. The highest BCUT2D eigenvalue weighted by Crippen LogP contribution is 2.04. The number of methoxy groups -OCH3 is 1. The molecule has 0 heterocycles. The molecule has 0 saturated carbocycles. The van der Waals surface area contributed by atoms with Crippen LogP contribution in [0.3, 0.4) is 0 Å². The maximum absolute atomic E-state index is 5.42. The Balaban J connectivity index is 3.23. The highest BCUT2D eigenvalue weighted by Gasteiger charge is 2.04. The van der Waals surface area contributed by atoms with Crippen molar-refractivity contribution in [3.05, 3.63) is 0 Å². The molecule has 0 aromatic rings. The summed E-state index contributed by atoms with van der Waals surface area (Å²) in [5.74, 6) is 0. The van der Waals surface area contributed by atoms with E-state index in [1.54, 1.807) is 7.11 Å². The van der Waals surface area contributed by atoms with Crippen molar-refractivity contribution >= 4 is 0 Å². The summed E-state index contributed by atoms with van der Waals surface area (Å²) in [5, 5.41) is 3.64. The van der Waals surface area contributed by atoms with Gasteiger partial charge in [-0.2, -0.15) is 0 Å². The second-order valence-electron chi connectivity index (χ2n) is 4.54. The largest absolute Gasteiger partial charge is 0.382 e. The first kappa shape index (κ1) is 16.9. The van der Waals surface area contributed by atoms with Crippen molar-refractivity contribution in [2.45, 2.75) is 58.4 Å². The van der Waals surface area contributed by atoms with Gasteiger partial charge < -0.3 is 14.8 Å². The number of unbranched alkanes of at least 4 members (excludes halogenated alkanes) is 1. The molecule has 0 spiro atoms. The van der Waals surface area contributed by atoms with Crippen LogP contribution in [-0.2, 0) is 9.47 Å². The Labute approximate surface area is 107 Å². The molecule has 0 aliphatic rings. The summed E-state index contributed by atoms with van der Waals surface area (Å²) >= 11 is 0. The Kier molecular flexibility index (Phi) is 13.8. The molecule has 17 heavy (non-hydrogen) atoms. The van der Waals surface area contributed by atoms with Crippen molar-refractivity contribution < 1.29 is 9.47 Å². The van der Waals surface area contributed by atoms with E-state index < -0.39 is 0 Å². The number of hydrogen-bond acceptors (Lipinski definition) is 3. The van der Waals surface area contributed by atoms with Gasteiger partial charge in [0.2, 0.25) is 0 Å². The third kappa shape index (κ3) is 12.1. The second-order valence-corrected chi connectivity index (χ2v) is 4.54. The van der Waals surface area contributed by atoms with Crippen molar-refractivity contribution in [2.75, 3.05) is 33.5 Å². The Morgan fingerprint density at radius 2 is 1.65 bits per heavy atom. The minimum absolute atomic E-state index is 0.702. The fourth-order valence-corrected chi connectivity index (χ4v) is 1.93. The van der Waals surface area contributed by atoms with Crippen molar-refractivity contribution in [1.29, 1.82) is 0 Å². The molecule has 3 heteroatoms. The smallest absolute Gasteiger partial charge is 0.0700 e. The lowest BCUT2D eigenvalue weighted by atomic mass is 10.1. The van der Waals surface area contributed by atoms with Crippen LogP contribution in [0.4, 0.5) is 0 Å². The molecular weight excluding hydrogens is 214 g/mol. The van der Waals surface area contributed by atoms with Gasteiger partial charge in [0.25, 0.3) is 0 Å². The van der Waals surface area contributed by atoms with Crippen LogP contribution in [-0.4, -0.2) is 39.5 Å². The van der Waals surface area contributed by atoms with E-state index in [1.807, 2.05) is 0 Å². The highest BCUT2D eigenvalue weighted by molar-refractivity contribution is 4.65. The summed E-state index contributed by atoms with van der Waals surface area (Å²) in [6.45, 7) is 7.92. The topological polar surface area (TPSA) is 30.5 Å². The predicted molar refractivity (Wildman–Crippen MR) is 73.5 cm³/mol. The molecule has 104 valence electrons. The lowest BCUT2D eigenvalue weighted by molar-refractivity contribution is 0.0687. The molecule has 0 saturated heterocycles. The number of ether oxygens (including phenoxy) is 2. The molecule has 0 aliphatic heterocycles.